The van der Waals surface area contributed by atoms with E-state index < -0.39 is 28.0 Å². The third-order valence-corrected chi connectivity index (χ3v) is 7.87. The third-order valence-electron chi connectivity index (χ3n) is 5.86. The fourth-order valence-electron chi connectivity index (χ4n) is 3.94. The van der Waals surface area contributed by atoms with Crippen LogP contribution < -0.4 is 15.2 Å². The Morgan fingerprint density at radius 3 is 2.19 bits per heavy atom. The molecule has 0 spiro atoms. The summed E-state index contributed by atoms with van der Waals surface area (Å²) in [5.74, 6) is -0.658. The number of aryl methyl sites for hydroxylation is 1. The Morgan fingerprint density at radius 2 is 1.58 bits per heavy atom. The lowest BCUT2D eigenvalue weighted by atomic mass is 10.2. The predicted octanol–water partition coefficient (Wildman–Crippen LogP) is 4.28. The normalized spacial score (nSPS) is 11.3. The van der Waals surface area contributed by atoms with Crippen molar-refractivity contribution in [3.8, 4) is 5.69 Å². The Morgan fingerprint density at radius 1 is 0.972 bits per heavy atom. The molecule has 0 aliphatic carbocycles. The van der Waals surface area contributed by atoms with Crippen LogP contribution >= 0.6 is 11.6 Å². The highest BCUT2D eigenvalue weighted by Crippen LogP contribution is 2.29. The second-order valence-electron chi connectivity index (χ2n) is 8.24. The number of carbonyl (C=O) groups is 1. The molecule has 4 rings (SSSR count). The summed E-state index contributed by atoms with van der Waals surface area (Å²) in [5.41, 5.74) is 1.71. The molecule has 0 atom stereocenters. The number of sulfonamides is 1. The quantitative estimate of drug-likeness (QED) is 0.390. The first-order valence-electron chi connectivity index (χ1n) is 11.1. The van der Waals surface area contributed by atoms with Crippen LogP contribution in [-0.2, 0) is 21.9 Å². The first-order chi connectivity index (χ1) is 17.1. The van der Waals surface area contributed by atoms with E-state index in [1.165, 1.54) is 16.8 Å². The summed E-state index contributed by atoms with van der Waals surface area (Å²) >= 11 is 6.08. The van der Waals surface area contributed by atoms with E-state index >= 15 is 0 Å². The number of aromatic nitrogens is 2. The second kappa shape index (κ2) is 10.0. The van der Waals surface area contributed by atoms with E-state index in [9.17, 15) is 18.0 Å². The smallest absolute Gasteiger partial charge is 0.295 e. The van der Waals surface area contributed by atoms with Crippen LogP contribution in [0.2, 0.25) is 5.02 Å². The number of nitrogens with zero attached hydrogens (tertiary/aromatic N) is 3. The molecular weight excluding hydrogens is 500 g/mol. The molecule has 0 aliphatic rings. The lowest BCUT2D eigenvalue weighted by Gasteiger charge is -2.25. The van der Waals surface area contributed by atoms with E-state index in [2.05, 4.69) is 5.32 Å². The molecule has 0 aliphatic heterocycles. The molecule has 0 saturated heterocycles. The fraction of sp³-hybridized carbons (Fsp3) is 0.154. The van der Waals surface area contributed by atoms with Gasteiger partial charge in [0.15, 0.2) is 0 Å². The lowest BCUT2D eigenvalue weighted by Crippen LogP contribution is -2.39. The van der Waals surface area contributed by atoms with E-state index in [1.54, 1.807) is 74.1 Å². The summed E-state index contributed by atoms with van der Waals surface area (Å²) in [5, 5.41) is 3.08. The number of rotatable bonds is 7. The van der Waals surface area contributed by atoms with Crippen LogP contribution in [-0.4, -0.2) is 30.2 Å². The van der Waals surface area contributed by atoms with Crippen molar-refractivity contribution in [2.75, 3.05) is 16.2 Å². The van der Waals surface area contributed by atoms with Crippen molar-refractivity contribution in [3.05, 3.63) is 105 Å². The maximum Gasteiger partial charge on any atom is 0.295 e. The van der Waals surface area contributed by atoms with Crippen molar-refractivity contribution in [1.29, 1.82) is 0 Å². The van der Waals surface area contributed by atoms with Crippen LogP contribution in [0.25, 0.3) is 5.69 Å². The number of amides is 1. The molecule has 0 radical (unpaired) electrons. The molecule has 1 heterocycles. The third kappa shape index (κ3) is 4.80. The van der Waals surface area contributed by atoms with Crippen molar-refractivity contribution in [3.63, 3.8) is 0 Å². The Labute approximate surface area is 214 Å². The number of hydrogen-bond donors (Lipinski definition) is 1. The Balaban J connectivity index is 1.72. The minimum absolute atomic E-state index is 0.0366. The van der Waals surface area contributed by atoms with Crippen LogP contribution in [0.4, 0.5) is 11.4 Å². The molecule has 8 nitrogen and oxygen atoms in total. The molecule has 186 valence electrons. The van der Waals surface area contributed by atoms with Gasteiger partial charge in [-0.15, -0.1) is 0 Å². The summed E-state index contributed by atoms with van der Waals surface area (Å²) in [6.45, 7) is 2.88. The van der Waals surface area contributed by atoms with Crippen molar-refractivity contribution in [1.82, 2.24) is 9.36 Å². The van der Waals surface area contributed by atoms with Gasteiger partial charge in [0.2, 0.25) is 5.91 Å². The zero-order valence-electron chi connectivity index (χ0n) is 20.0. The predicted molar refractivity (Wildman–Crippen MR) is 142 cm³/mol. The number of para-hydroxylation sites is 1. The van der Waals surface area contributed by atoms with Crippen LogP contribution in [0.1, 0.15) is 11.3 Å². The highest BCUT2D eigenvalue weighted by Gasteiger charge is 2.29. The molecule has 1 amide bonds. The van der Waals surface area contributed by atoms with E-state index in [4.69, 9.17) is 11.6 Å². The summed E-state index contributed by atoms with van der Waals surface area (Å²) in [6.07, 6.45) is 0. The molecule has 0 saturated carbocycles. The van der Waals surface area contributed by atoms with Gasteiger partial charge in [-0.25, -0.2) is 13.1 Å². The topological polar surface area (TPSA) is 93.4 Å². The Kier molecular flexibility index (Phi) is 7.05. The monoisotopic (exact) mass is 524 g/mol. The van der Waals surface area contributed by atoms with Gasteiger partial charge in [-0.1, -0.05) is 48.0 Å². The number of nitrogens with one attached hydrogen (secondary N) is 1. The van der Waals surface area contributed by atoms with Gasteiger partial charge in [-0.2, -0.15) is 0 Å². The molecule has 1 N–H and O–H groups in total. The molecule has 0 bridgehead atoms. The van der Waals surface area contributed by atoms with E-state index in [0.29, 0.717) is 27.7 Å². The molecule has 36 heavy (non-hydrogen) atoms. The van der Waals surface area contributed by atoms with Crippen LogP contribution in [0.15, 0.2) is 88.6 Å². The van der Waals surface area contributed by atoms with Gasteiger partial charge in [-0.3, -0.25) is 18.6 Å². The highest BCUT2D eigenvalue weighted by atomic mass is 35.5. The minimum atomic E-state index is -4.10. The van der Waals surface area contributed by atoms with E-state index in [-0.39, 0.29) is 10.6 Å². The molecule has 0 unspecified atom stereocenters. The summed E-state index contributed by atoms with van der Waals surface area (Å²) in [6, 6.07) is 21.6. The largest absolute Gasteiger partial charge is 0.318 e. The lowest BCUT2D eigenvalue weighted by molar-refractivity contribution is -0.114. The number of benzene rings is 3. The Bertz CT molecular complexity index is 1580. The second-order valence-corrected chi connectivity index (χ2v) is 10.5. The van der Waals surface area contributed by atoms with Crippen LogP contribution in [0.5, 0.6) is 0 Å². The first kappa shape index (κ1) is 25.3. The van der Waals surface area contributed by atoms with Crippen LogP contribution in [0, 0.1) is 13.8 Å². The van der Waals surface area contributed by atoms with E-state index in [1.807, 2.05) is 18.2 Å². The van der Waals surface area contributed by atoms with E-state index in [0.717, 1.165) is 4.31 Å². The van der Waals surface area contributed by atoms with Crippen molar-refractivity contribution in [2.45, 2.75) is 18.7 Å². The van der Waals surface area contributed by atoms with Gasteiger partial charge in [-0.05, 0) is 61.9 Å². The highest BCUT2D eigenvalue weighted by molar-refractivity contribution is 7.92. The fourth-order valence-corrected chi connectivity index (χ4v) is 5.67. The van der Waals surface area contributed by atoms with Crippen LogP contribution in [0.3, 0.4) is 0 Å². The average Bonchev–Trinajstić information content (AvgIpc) is 3.07. The standard InChI is InChI=1S/C26H25ClN4O4S/c1-18-16-20(27)14-15-23(18)30(36(34,35)22-12-8-5-9-13-22)17-24(32)28-25-19(2)29(3)31(26(25)33)21-10-6-4-7-11-21/h4-16H,17H2,1-3H3,(H,28,32). The Hall–Kier alpha value is -3.82. The minimum Gasteiger partial charge on any atom is -0.318 e. The van der Waals surface area contributed by atoms with Gasteiger partial charge < -0.3 is 5.32 Å². The van der Waals surface area contributed by atoms with Gasteiger partial charge in [0.1, 0.15) is 12.2 Å². The van der Waals surface area contributed by atoms with Crippen molar-refractivity contribution in [2.24, 2.45) is 7.05 Å². The summed E-state index contributed by atoms with van der Waals surface area (Å²) in [4.78, 5) is 26.4. The van der Waals surface area contributed by atoms with Crippen molar-refractivity contribution >= 4 is 38.9 Å². The molecule has 4 aromatic rings. The van der Waals surface area contributed by atoms with Crippen molar-refractivity contribution < 1.29 is 13.2 Å². The molecule has 10 heteroatoms. The number of carbonyl (C=O) groups excluding carboxylic acids is 1. The number of anilines is 2. The number of hydrogen-bond acceptors (Lipinski definition) is 4. The number of halogens is 1. The summed E-state index contributed by atoms with van der Waals surface area (Å²) in [7, 11) is -2.39. The maximum atomic E-state index is 13.6. The van der Waals surface area contributed by atoms with Gasteiger partial charge in [0, 0.05) is 12.1 Å². The summed E-state index contributed by atoms with van der Waals surface area (Å²) < 4.78 is 31.3. The molecular formula is C26H25ClN4O4S. The molecule has 0 fully saturated rings. The first-order valence-corrected chi connectivity index (χ1v) is 12.9. The zero-order chi connectivity index (χ0) is 26.0. The van der Waals surface area contributed by atoms with Gasteiger partial charge in [0.05, 0.1) is 22.0 Å². The zero-order valence-corrected chi connectivity index (χ0v) is 21.5. The average molecular weight is 525 g/mol. The van der Waals surface area contributed by atoms with Gasteiger partial charge >= 0.3 is 0 Å². The molecule has 1 aromatic heterocycles. The van der Waals surface area contributed by atoms with Gasteiger partial charge in [0.25, 0.3) is 15.6 Å². The SMILES string of the molecule is Cc1cc(Cl)ccc1N(CC(=O)Nc1c(C)n(C)n(-c2ccccc2)c1=O)S(=O)(=O)c1ccccc1. The molecule has 3 aromatic carbocycles. The maximum absolute atomic E-state index is 13.6.